The van der Waals surface area contributed by atoms with Gasteiger partial charge in [0, 0.05) is 0 Å². The Balaban J connectivity index is 2.36. The summed E-state index contributed by atoms with van der Waals surface area (Å²) in [5, 5.41) is 9.67. The highest BCUT2D eigenvalue weighted by Crippen LogP contribution is 2.32. The van der Waals surface area contributed by atoms with Crippen molar-refractivity contribution in [2.75, 3.05) is 0 Å². The van der Waals surface area contributed by atoms with Crippen molar-refractivity contribution < 1.29 is 14.3 Å². The lowest BCUT2D eigenvalue weighted by Gasteiger charge is -2.21. The van der Waals surface area contributed by atoms with E-state index in [1.165, 1.54) is 6.07 Å². The Morgan fingerprint density at radius 1 is 1.13 bits per heavy atom. The van der Waals surface area contributed by atoms with Crippen molar-refractivity contribution in [2.45, 2.75) is 19.9 Å². The molecule has 0 saturated carbocycles. The van der Waals surface area contributed by atoms with Crippen molar-refractivity contribution in [3.8, 4) is 11.4 Å². The number of rotatable bonds is 4. The van der Waals surface area contributed by atoms with Crippen LogP contribution in [0.5, 0.6) is 0 Å². The van der Waals surface area contributed by atoms with Crippen molar-refractivity contribution in [2.24, 2.45) is 5.92 Å². The van der Waals surface area contributed by atoms with Crippen molar-refractivity contribution >= 4 is 17.0 Å². The van der Waals surface area contributed by atoms with E-state index in [1.807, 2.05) is 32.0 Å². The van der Waals surface area contributed by atoms with Gasteiger partial charge >= 0.3 is 5.97 Å². The Morgan fingerprint density at radius 3 is 2.43 bits per heavy atom. The number of benzene rings is 2. The first-order valence-electron chi connectivity index (χ1n) is 7.45. The number of aromatic nitrogens is 2. The summed E-state index contributed by atoms with van der Waals surface area (Å²) >= 11 is 0. The number of nitrogens with zero attached hydrogens (tertiary/aromatic N) is 2. The maximum atomic E-state index is 14.2. The number of hydrogen-bond donors (Lipinski definition) is 1. The number of carbonyl (C=O) groups is 1. The van der Waals surface area contributed by atoms with Crippen molar-refractivity contribution in [3.63, 3.8) is 0 Å². The number of fused-ring (bicyclic) bond motifs is 1. The molecular weight excluding hydrogens is 295 g/mol. The van der Waals surface area contributed by atoms with E-state index in [9.17, 15) is 14.3 Å². The van der Waals surface area contributed by atoms with E-state index < -0.39 is 17.8 Å². The predicted octanol–water partition coefficient (Wildman–Crippen LogP) is 4.12. The van der Waals surface area contributed by atoms with Crippen LogP contribution in [0.1, 0.15) is 19.9 Å². The van der Waals surface area contributed by atoms with E-state index in [0.717, 1.165) is 0 Å². The van der Waals surface area contributed by atoms with Crippen LogP contribution in [-0.4, -0.2) is 20.6 Å². The number of hydrogen-bond acceptors (Lipinski definition) is 2. The largest absolute Gasteiger partial charge is 0.480 e. The normalized spacial score (nSPS) is 12.7. The zero-order chi connectivity index (χ0) is 16.6. The first-order chi connectivity index (χ1) is 11.0. The molecule has 0 amide bonds. The Kier molecular flexibility index (Phi) is 3.86. The van der Waals surface area contributed by atoms with Crippen LogP contribution < -0.4 is 0 Å². The van der Waals surface area contributed by atoms with E-state index in [0.29, 0.717) is 22.4 Å². The summed E-state index contributed by atoms with van der Waals surface area (Å²) in [6, 6.07) is 12.7. The van der Waals surface area contributed by atoms with Crippen molar-refractivity contribution in [3.05, 3.63) is 54.3 Å². The van der Waals surface area contributed by atoms with Gasteiger partial charge in [0.2, 0.25) is 0 Å². The molecule has 0 aliphatic rings. The summed E-state index contributed by atoms with van der Waals surface area (Å²) in [7, 11) is 0. The highest BCUT2D eigenvalue weighted by Gasteiger charge is 2.29. The highest BCUT2D eigenvalue weighted by molar-refractivity contribution is 5.84. The number of aliphatic carboxylic acids is 1. The molecule has 1 atom stereocenters. The molecule has 0 fully saturated rings. The second-order valence-electron chi connectivity index (χ2n) is 5.80. The molecular formula is C18H17FN2O2. The van der Waals surface area contributed by atoms with Gasteiger partial charge in [-0.15, -0.1) is 0 Å². The maximum Gasteiger partial charge on any atom is 0.327 e. The highest BCUT2D eigenvalue weighted by atomic mass is 19.1. The number of imidazole rings is 1. The van der Waals surface area contributed by atoms with Crippen LogP contribution in [0.25, 0.3) is 22.4 Å². The number of carboxylic acid groups (broad SMARTS) is 1. The number of carboxylic acids is 1. The minimum atomic E-state index is -0.958. The first kappa shape index (κ1) is 15.2. The summed E-state index contributed by atoms with van der Waals surface area (Å²) in [5.74, 6) is -1.21. The van der Waals surface area contributed by atoms with Gasteiger partial charge in [-0.2, -0.15) is 0 Å². The summed E-state index contributed by atoms with van der Waals surface area (Å²) < 4.78 is 15.9. The fourth-order valence-corrected chi connectivity index (χ4v) is 2.85. The first-order valence-corrected chi connectivity index (χ1v) is 7.45. The Bertz CT molecular complexity index is 870. The van der Waals surface area contributed by atoms with E-state index in [-0.39, 0.29) is 5.92 Å². The lowest BCUT2D eigenvalue weighted by molar-refractivity contribution is -0.142. The van der Waals surface area contributed by atoms with Gasteiger partial charge in [0.05, 0.1) is 16.6 Å². The van der Waals surface area contributed by atoms with Crippen LogP contribution in [0.4, 0.5) is 4.39 Å². The summed E-state index contributed by atoms with van der Waals surface area (Å²) in [6.07, 6.45) is 0. The van der Waals surface area contributed by atoms with E-state index in [1.54, 1.807) is 28.8 Å². The molecule has 0 aliphatic heterocycles. The fraction of sp³-hybridized carbons (Fsp3) is 0.222. The van der Waals surface area contributed by atoms with Gasteiger partial charge in [-0.25, -0.2) is 14.2 Å². The third-order valence-corrected chi connectivity index (χ3v) is 3.87. The molecule has 0 radical (unpaired) electrons. The van der Waals surface area contributed by atoms with Gasteiger partial charge in [-0.3, -0.25) is 0 Å². The molecule has 4 nitrogen and oxygen atoms in total. The summed E-state index contributed by atoms with van der Waals surface area (Å²) in [4.78, 5) is 16.3. The topological polar surface area (TPSA) is 55.1 Å². The molecule has 3 rings (SSSR count). The van der Waals surface area contributed by atoms with Crippen LogP contribution in [0.3, 0.4) is 0 Å². The van der Waals surface area contributed by atoms with E-state index in [2.05, 4.69) is 4.98 Å². The second-order valence-corrected chi connectivity index (χ2v) is 5.80. The van der Waals surface area contributed by atoms with E-state index in [4.69, 9.17) is 0 Å². The van der Waals surface area contributed by atoms with Gasteiger partial charge in [0.1, 0.15) is 17.7 Å². The SMILES string of the molecule is CC(C)C(C(=O)O)n1c(-c2ccccc2F)nc2ccccc21. The molecule has 1 heterocycles. The van der Waals surface area contributed by atoms with Gasteiger partial charge in [-0.05, 0) is 30.2 Å². The van der Waals surface area contributed by atoms with Gasteiger partial charge in [-0.1, -0.05) is 38.1 Å². The smallest absolute Gasteiger partial charge is 0.327 e. The minimum Gasteiger partial charge on any atom is -0.480 e. The molecule has 1 N–H and O–H groups in total. The van der Waals surface area contributed by atoms with Crippen LogP contribution in [0, 0.1) is 11.7 Å². The predicted molar refractivity (Wildman–Crippen MR) is 86.6 cm³/mol. The molecule has 0 spiro atoms. The molecule has 1 aromatic heterocycles. The lowest BCUT2D eigenvalue weighted by atomic mass is 10.0. The third kappa shape index (κ3) is 2.59. The lowest BCUT2D eigenvalue weighted by Crippen LogP contribution is -2.25. The van der Waals surface area contributed by atoms with Crippen molar-refractivity contribution in [1.29, 1.82) is 0 Å². The molecule has 23 heavy (non-hydrogen) atoms. The summed E-state index contributed by atoms with van der Waals surface area (Å²) in [5.41, 5.74) is 1.64. The Hall–Kier alpha value is -2.69. The quantitative estimate of drug-likeness (QED) is 0.788. The molecule has 3 aromatic rings. The molecule has 2 aromatic carbocycles. The minimum absolute atomic E-state index is 0.171. The molecule has 0 aliphatic carbocycles. The van der Waals surface area contributed by atoms with Gasteiger partial charge in [0.15, 0.2) is 0 Å². The molecule has 5 heteroatoms. The zero-order valence-electron chi connectivity index (χ0n) is 12.9. The average Bonchev–Trinajstić information content (AvgIpc) is 2.86. The monoisotopic (exact) mass is 312 g/mol. The third-order valence-electron chi connectivity index (χ3n) is 3.87. The van der Waals surface area contributed by atoms with E-state index >= 15 is 0 Å². The van der Waals surface area contributed by atoms with Crippen LogP contribution >= 0.6 is 0 Å². The standard InChI is InChI=1S/C18H17FN2O2/c1-11(2)16(18(22)23)21-15-10-6-5-9-14(15)20-17(21)12-7-3-4-8-13(12)19/h3-11,16H,1-2H3,(H,22,23). The Labute approximate surface area is 133 Å². The maximum absolute atomic E-state index is 14.2. The molecule has 118 valence electrons. The summed E-state index contributed by atoms with van der Waals surface area (Å²) in [6.45, 7) is 3.66. The molecule has 1 unspecified atom stereocenters. The van der Waals surface area contributed by atoms with Gasteiger partial charge in [0.25, 0.3) is 0 Å². The molecule has 0 bridgehead atoms. The Morgan fingerprint density at radius 2 is 1.78 bits per heavy atom. The number of halogens is 1. The second kappa shape index (κ2) is 5.83. The average molecular weight is 312 g/mol. The van der Waals surface area contributed by atoms with Gasteiger partial charge < -0.3 is 9.67 Å². The number of para-hydroxylation sites is 2. The fourth-order valence-electron chi connectivity index (χ4n) is 2.85. The van der Waals surface area contributed by atoms with Crippen molar-refractivity contribution in [1.82, 2.24) is 9.55 Å². The van der Waals surface area contributed by atoms with Crippen LogP contribution in [0.15, 0.2) is 48.5 Å². The van der Waals surface area contributed by atoms with Crippen LogP contribution in [-0.2, 0) is 4.79 Å². The molecule has 0 saturated heterocycles. The van der Waals surface area contributed by atoms with Crippen LogP contribution in [0.2, 0.25) is 0 Å². The zero-order valence-corrected chi connectivity index (χ0v) is 12.9.